The molecule has 0 rings (SSSR count). The first-order chi connectivity index (χ1) is 5.16. The topological polar surface area (TPSA) is 26.3 Å². The van der Waals surface area contributed by atoms with Crippen molar-refractivity contribution in [2.24, 2.45) is 5.41 Å². The van der Waals surface area contributed by atoms with Crippen LogP contribution in [0, 0.1) is 5.41 Å². The molecule has 1 atom stereocenters. The van der Waals surface area contributed by atoms with Gasteiger partial charge in [-0.3, -0.25) is 4.79 Å². The summed E-state index contributed by atoms with van der Waals surface area (Å²) in [5, 5.41) is 0. The Hall–Kier alpha value is -0.100. The van der Waals surface area contributed by atoms with Crippen LogP contribution in [0.1, 0.15) is 40.0 Å². The van der Waals surface area contributed by atoms with E-state index in [-0.39, 0.29) is 11.4 Å². The van der Waals surface area contributed by atoms with E-state index in [1.54, 1.807) is 0 Å². The van der Waals surface area contributed by atoms with E-state index in [2.05, 4.69) is 4.52 Å². The molecule has 0 saturated carbocycles. The predicted molar refractivity (Wildman–Crippen MR) is 49.1 cm³/mol. The number of hydrogen-bond acceptors (Lipinski definition) is 2. The normalized spacial score (nSPS) is 11.3. The SMILES string of the molecule is CCC(CC)(CC)C(=O)OP. The molecule has 0 radical (unpaired) electrons. The van der Waals surface area contributed by atoms with Crippen LogP contribution in [0.4, 0.5) is 0 Å². The highest BCUT2D eigenvalue weighted by atomic mass is 31.0. The minimum Gasteiger partial charge on any atom is -0.451 e. The molecule has 0 heterocycles. The summed E-state index contributed by atoms with van der Waals surface area (Å²) in [6, 6.07) is 0. The van der Waals surface area contributed by atoms with Gasteiger partial charge in [0.15, 0.2) is 0 Å². The maximum absolute atomic E-state index is 11.3. The fourth-order valence-corrected chi connectivity index (χ4v) is 1.56. The Morgan fingerprint density at radius 2 is 1.64 bits per heavy atom. The average Bonchev–Trinajstić information content (AvgIpc) is 2.08. The van der Waals surface area contributed by atoms with Crippen LogP contribution in [0.3, 0.4) is 0 Å². The van der Waals surface area contributed by atoms with Gasteiger partial charge in [-0.05, 0) is 19.3 Å². The Balaban J connectivity index is 4.39. The van der Waals surface area contributed by atoms with Gasteiger partial charge < -0.3 is 4.52 Å². The summed E-state index contributed by atoms with van der Waals surface area (Å²) in [6.45, 7) is 6.07. The Bertz CT molecular complexity index is 122. The van der Waals surface area contributed by atoms with Crippen molar-refractivity contribution in [2.75, 3.05) is 0 Å². The first kappa shape index (κ1) is 10.9. The van der Waals surface area contributed by atoms with Crippen molar-refractivity contribution >= 4 is 15.4 Å². The standard InChI is InChI=1S/C8H17O2P/c1-4-8(5-2,6-3)7(9)10-11/h4-6,11H2,1-3H3. The Labute approximate surface area is 71.0 Å². The van der Waals surface area contributed by atoms with E-state index in [1.165, 1.54) is 0 Å². The van der Waals surface area contributed by atoms with Crippen molar-refractivity contribution in [3.63, 3.8) is 0 Å². The van der Waals surface area contributed by atoms with Crippen molar-refractivity contribution in [1.82, 2.24) is 0 Å². The smallest absolute Gasteiger partial charge is 0.314 e. The second-order valence-electron chi connectivity index (χ2n) is 2.75. The zero-order valence-electron chi connectivity index (χ0n) is 7.52. The van der Waals surface area contributed by atoms with Crippen molar-refractivity contribution in [3.8, 4) is 0 Å². The summed E-state index contributed by atoms with van der Waals surface area (Å²) in [5.74, 6) is -0.102. The second-order valence-corrected chi connectivity index (χ2v) is 2.98. The molecule has 2 nitrogen and oxygen atoms in total. The predicted octanol–water partition coefficient (Wildman–Crippen LogP) is 2.54. The molecular formula is C8H17O2P. The summed E-state index contributed by atoms with van der Waals surface area (Å²) in [6.07, 6.45) is 2.56. The lowest BCUT2D eigenvalue weighted by Crippen LogP contribution is -2.29. The van der Waals surface area contributed by atoms with Gasteiger partial charge >= 0.3 is 5.97 Å². The fraction of sp³-hybridized carbons (Fsp3) is 0.875. The average molecular weight is 176 g/mol. The largest absolute Gasteiger partial charge is 0.451 e. The van der Waals surface area contributed by atoms with Crippen LogP contribution in [-0.2, 0) is 9.32 Å². The molecule has 0 saturated heterocycles. The van der Waals surface area contributed by atoms with Gasteiger partial charge in [-0.15, -0.1) is 0 Å². The van der Waals surface area contributed by atoms with Crippen LogP contribution in [0.25, 0.3) is 0 Å². The lowest BCUT2D eigenvalue weighted by molar-refractivity contribution is -0.145. The number of hydrogen-bond donors (Lipinski definition) is 0. The van der Waals surface area contributed by atoms with Gasteiger partial charge in [-0.1, -0.05) is 20.8 Å². The molecule has 0 aromatic rings. The van der Waals surface area contributed by atoms with Crippen molar-refractivity contribution in [2.45, 2.75) is 40.0 Å². The van der Waals surface area contributed by atoms with E-state index in [9.17, 15) is 4.79 Å². The van der Waals surface area contributed by atoms with E-state index in [4.69, 9.17) is 0 Å². The summed E-state index contributed by atoms with van der Waals surface area (Å²) in [4.78, 5) is 11.3. The third-order valence-electron chi connectivity index (χ3n) is 2.57. The molecule has 3 heteroatoms. The monoisotopic (exact) mass is 176 g/mol. The molecular weight excluding hydrogens is 159 g/mol. The van der Waals surface area contributed by atoms with Gasteiger partial charge in [0.05, 0.1) is 14.9 Å². The van der Waals surface area contributed by atoms with Gasteiger partial charge in [0, 0.05) is 0 Å². The fourth-order valence-electron chi connectivity index (χ4n) is 1.31. The minimum absolute atomic E-state index is 0.102. The lowest BCUT2D eigenvalue weighted by Gasteiger charge is -2.26. The van der Waals surface area contributed by atoms with Gasteiger partial charge in [0.1, 0.15) is 0 Å². The quantitative estimate of drug-likeness (QED) is 0.615. The maximum atomic E-state index is 11.3. The third kappa shape index (κ3) is 2.16. The van der Waals surface area contributed by atoms with Crippen molar-refractivity contribution in [1.29, 1.82) is 0 Å². The van der Waals surface area contributed by atoms with E-state index in [0.717, 1.165) is 19.3 Å². The van der Waals surface area contributed by atoms with Crippen LogP contribution < -0.4 is 0 Å². The summed E-state index contributed by atoms with van der Waals surface area (Å²) in [7, 11) is 2.02. The van der Waals surface area contributed by atoms with Crippen LogP contribution in [0.2, 0.25) is 0 Å². The second kappa shape index (κ2) is 4.71. The zero-order chi connectivity index (χ0) is 8.91. The zero-order valence-corrected chi connectivity index (χ0v) is 8.67. The molecule has 1 unspecified atom stereocenters. The molecule has 0 aliphatic heterocycles. The van der Waals surface area contributed by atoms with E-state index in [1.807, 2.05) is 30.2 Å². The summed E-state index contributed by atoms with van der Waals surface area (Å²) >= 11 is 0. The van der Waals surface area contributed by atoms with Gasteiger partial charge in [0.2, 0.25) is 0 Å². The van der Waals surface area contributed by atoms with Crippen LogP contribution in [0.15, 0.2) is 0 Å². The molecule has 0 spiro atoms. The van der Waals surface area contributed by atoms with Gasteiger partial charge in [-0.25, -0.2) is 0 Å². The molecule has 0 aromatic carbocycles. The highest BCUT2D eigenvalue weighted by Gasteiger charge is 2.33. The Morgan fingerprint density at radius 3 is 1.73 bits per heavy atom. The molecule has 0 aliphatic rings. The minimum atomic E-state index is -0.248. The lowest BCUT2D eigenvalue weighted by atomic mass is 9.80. The van der Waals surface area contributed by atoms with Gasteiger partial charge in [0.25, 0.3) is 0 Å². The van der Waals surface area contributed by atoms with Crippen LogP contribution >= 0.6 is 9.47 Å². The number of carbonyl (C=O) groups excluding carboxylic acids is 1. The summed E-state index contributed by atoms with van der Waals surface area (Å²) < 4.78 is 4.67. The highest BCUT2D eigenvalue weighted by molar-refractivity contribution is 7.10. The number of rotatable bonds is 4. The number of carbonyl (C=O) groups is 1. The third-order valence-corrected chi connectivity index (χ3v) is 2.78. The van der Waals surface area contributed by atoms with Crippen LogP contribution in [0.5, 0.6) is 0 Å². The van der Waals surface area contributed by atoms with E-state index < -0.39 is 0 Å². The first-order valence-corrected chi connectivity index (χ1v) is 4.55. The molecule has 66 valence electrons. The summed E-state index contributed by atoms with van der Waals surface area (Å²) in [5.41, 5.74) is -0.248. The van der Waals surface area contributed by atoms with Crippen molar-refractivity contribution < 1.29 is 9.32 Å². The Kier molecular flexibility index (Phi) is 4.67. The molecule has 0 bridgehead atoms. The van der Waals surface area contributed by atoms with Crippen LogP contribution in [-0.4, -0.2) is 5.97 Å². The van der Waals surface area contributed by atoms with E-state index >= 15 is 0 Å². The first-order valence-electron chi connectivity index (χ1n) is 4.08. The molecule has 0 amide bonds. The molecule has 0 aliphatic carbocycles. The van der Waals surface area contributed by atoms with Gasteiger partial charge in [-0.2, -0.15) is 0 Å². The molecule has 0 fully saturated rings. The Morgan fingerprint density at radius 1 is 1.27 bits per heavy atom. The molecule has 0 aromatic heterocycles. The highest BCUT2D eigenvalue weighted by Crippen LogP contribution is 2.32. The van der Waals surface area contributed by atoms with E-state index in [0.29, 0.717) is 0 Å². The van der Waals surface area contributed by atoms with Crippen molar-refractivity contribution in [3.05, 3.63) is 0 Å². The maximum Gasteiger partial charge on any atom is 0.314 e. The molecule has 0 N–H and O–H groups in total. The molecule has 11 heavy (non-hydrogen) atoms.